The lowest BCUT2D eigenvalue weighted by Crippen LogP contribution is -2.54. The van der Waals surface area contributed by atoms with E-state index in [1.165, 1.54) is 11.3 Å². The van der Waals surface area contributed by atoms with Gasteiger partial charge < -0.3 is 15.3 Å². The number of carbonyl (C=O) groups excluding carboxylic acids is 1. The molecule has 1 atom stereocenters. The van der Waals surface area contributed by atoms with Crippen LogP contribution in [0.4, 0.5) is 5.82 Å². The van der Waals surface area contributed by atoms with E-state index < -0.39 is 5.60 Å². The quantitative estimate of drug-likeness (QED) is 0.889. The molecule has 23 heavy (non-hydrogen) atoms. The fraction of sp³-hybridized carbons (Fsp3) is 0.438. The van der Waals surface area contributed by atoms with Crippen LogP contribution in [0, 0.1) is 6.92 Å². The van der Waals surface area contributed by atoms with Gasteiger partial charge in [-0.1, -0.05) is 0 Å². The summed E-state index contributed by atoms with van der Waals surface area (Å²) >= 11 is 1.42. The van der Waals surface area contributed by atoms with Crippen LogP contribution < -0.4 is 10.2 Å². The lowest BCUT2D eigenvalue weighted by molar-refractivity contribution is 0.0254. The van der Waals surface area contributed by atoms with Crippen LogP contribution in [0.5, 0.6) is 0 Å². The smallest absolute Gasteiger partial charge is 0.261 e. The van der Waals surface area contributed by atoms with Gasteiger partial charge in [-0.2, -0.15) is 0 Å². The maximum Gasteiger partial charge on any atom is 0.261 e. The summed E-state index contributed by atoms with van der Waals surface area (Å²) in [5.74, 6) is 0.633. The number of β-amino-alcohol motifs (C(OH)–C–C–N with tert-alkyl or cyclic N) is 1. The van der Waals surface area contributed by atoms with E-state index in [1.807, 2.05) is 23.3 Å². The Morgan fingerprint density at radius 3 is 3.09 bits per heavy atom. The molecule has 6 nitrogen and oxygen atoms in total. The SMILES string of the molecule is Cc1ccsc1C(=O)NCC1(O)CCCN(c2cnccn2)C1. The Morgan fingerprint density at radius 1 is 1.52 bits per heavy atom. The first-order valence-corrected chi connectivity index (χ1v) is 8.51. The molecule has 1 saturated heterocycles. The van der Waals surface area contributed by atoms with Crippen molar-refractivity contribution in [3.05, 3.63) is 40.5 Å². The number of anilines is 1. The number of rotatable bonds is 4. The maximum atomic E-state index is 12.2. The number of aliphatic hydroxyl groups is 1. The summed E-state index contributed by atoms with van der Waals surface area (Å²) in [6, 6.07) is 1.92. The van der Waals surface area contributed by atoms with Crippen molar-refractivity contribution in [1.82, 2.24) is 15.3 Å². The Balaban J connectivity index is 1.62. The molecule has 0 aliphatic carbocycles. The van der Waals surface area contributed by atoms with Crippen molar-refractivity contribution in [3.63, 3.8) is 0 Å². The highest BCUT2D eigenvalue weighted by Crippen LogP contribution is 2.24. The van der Waals surface area contributed by atoms with Gasteiger partial charge in [-0.15, -0.1) is 11.3 Å². The van der Waals surface area contributed by atoms with Gasteiger partial charge in [0.2, 0.25) is 0 Å². The highest BCUT2D eigenvalue weighted by atomic mass is 32.1. The molecule has 2 aromatic rings. The summed E-state index contributed by atoms with van der Waals surface area (Å²) in [4.78, 5) is 23.3. The summed E-state index contributed by atoms with van der Waals surface area (Å²) in [7, 11) is 0. The molecule has 1 aliphatic heterocycles. The third kappa shape index (κ3) is 3.68. The molecule has 0 saturated carbocycles. The number of aryl methyl sites for hydroxylation is 1. The summed E-state index contributed by atoms with van der Waals surface area (Å²) < 4.78 is 0. The van der Waals surface area contributed by atoms with Crippen LogP contribution >= 0.6 is 11.3 Å². The van der Waals surface area contributed by atoms with Crippen molar-refractivity contribution in [2.24, 2.45) is 0 Å². The van der Waals surface area contributed by atoms with Crippen LogP contribution in [0.15, 0.2) is 30.0 Å². The van der Waals surface area contributed by atoms with Gasteiger partial charge in [-0.25, -0.2) is 4.98 Å². The average Bonchev–Trinajstić information content (AvgIpc) is 3.00. The topological polar surface area (TPSA) is 78.4 Å². The highest BCUT2D eigenvalue weighted by Gasteiger charge is 2.34. The molecular formula is C16H20N4O2S. The number of carbonyl (C=O) groups is 1. The normalized spacial score (nSPS) is 21.2. The molecule has 0 bridgehead atoms. The molecule has 0 radical (unpaired) electrons. The fourth-order valence-electron chi connectivity index (χ4n) is 2.84. The molecule has 2 N–H and O–H groups in total. The lowest BCUT2D eigenvalue weighted by Gasteiger charge is -2.39. The maximum absolute atomic E-state index is 12.2. The van der Waals surface area contributed by atoms with E-state index in [0.29, 0.717) is 17.8 Å². The van der Waals surface area contributed by atoms with Gasteiger partial charge in [0.05, 0.1) is 16.7 Å². The number of thiophene rings is 1. The van der Waals surface area contributed by atoms with Crippen LogP contribution in [0.3, 0.4) is 0 Å². The zero-order valence-corrected chi connectivity index (χ0v) is 13.8. The van der Waals surface area contributed by atoms with Gasteiger partial charge in [0, 0.05) is 32.0 Å². The Labute approximate surface area is 139 Å². The van der Waals surface area contributed by atoms with E-state index in [1.54, 1.807) is 18.6 Å². The number of amides is 1. The molecule has 1 unspecified atom stereocenters. The van der Waals surface area contributed by atoms with Gasteiger partial charge in [0.25, 0.3) is 5.91 Å². The summed E-state index contributed by atoms with van der Waals surface area (Å²) in [5, 5.41) is 15.6. The van der Waals surface area contributed by atoms with E-state index in [-0.39, 0.29) is 12.5 Å². The van der Waals surface area contributed by atoms with Crippen LogP contribution in [0.25, 0.3) is 0 Å². The van der Waals surface area contributed by atoms with Crippen molar-refractivity contribution in [2.45, 2.75) is 25.4 Å². The average molecular weight is 332 g/mol. The number of nitrogens with one attached hydrogen (secondary N) is 1. The predicted molar refractivity (Wildman–Crippen MR) is 89.8 cm³/mol. The molecule has 3 heterocycles. The van der Waals surface area contributed by atoms with E-state index in [0.717, 1.165) is 24.3 Å². The summed E-state index contributed by atoms with van der Waals surface area (Å²) in [6.45, 7) is 3.42. The molecule has 3 rings (SSSR count). The summed E-state index contributed by atoms with van der Waals surface area (Å²) in [5.41, 5.74) is 0.0145. The van der Waals surface area contributed by atoms with E-state index in [2.05, 4.69) is 15.3 Å². The van der Waals surface area contributed by atoms with Crippen LogP contribution in [-0.4, -0.2) is 46.2 Å². The Morgan fingerprint density at radius 2 is 2.39 bits per heavy atom. The zero-order valence-electron chi connectivity index (χ0n) is 13.0. The largest absolute Gasteiger partial charge is 0.386 e. The highest BCUT2D eigenvalue weighted by molar-refractivity contribution is 7.12. The van der Waals surface area contributed by atoms with Gasteiger partial charge in [0.1, 0.15) is 5.82 Å². The van der Waals surface area contributed by atoms with Gasteiger partial charge >= 0.3 is 0 Å². The molecule has 1 aliphatic rings. The van der Waals surface area contributed by atoms with Crippen molar-refractivity contribution in [2.75, 3.05) is 24.5 Å². The first kappa shape index (κ1) is 15.9. The van der Waals surface area contributed by atoms with Crippen LogP contribution in [0.1, 0.15) is 28.1 Å². The summed E-state index contributed by atoms with van der Waals surface area (Å²) in [6.07, 6.45) is 6.47. The molecule has 1 amide bonds. The second kappa shape index (κ2) is 6.64. The molecular weight excluding hydrogens is 312 g/mol. The van der Waals surface area contributed by atoms with Crippen LogP contribution in [0.2, 0.25) is 0 Å². The second-order valence-corrected chi connectivity index (χ2v) is 6.84. The fourth-order valence-corrected chi connectivity index (χ4v) is 3.68. The third-order valence-corrected chi connectivity index (χ3v) is 5.09. The second-order valence-electron chi connectivity index (χ2n) is 5.93. The number of nitrogens with zero attached hydrogens (tertiary/aromatic N) is 3. The molecule has 1 fully saturated rings. The number of hydrogen-bond acceptors (Lipinski definition) is 6. The molecule has 0 aromatic carbocycles. The van der Waals surface area contributed by atoms with E-state index >= 15 is 0 Å². The minimum atomic E-state index is -0.948. The van der Waals surface area contributed by atoms with Crippen LogP contribution in [-0.2, 0) is 0 Å². The van der Waals surface area contributed by atoms with Gasteiger partial charge in [-0.05, 0) is 36.8 Å². The standard InChI is InChI=1S/C16H20N4O2S/c1-12-3-8-23-14(12)15(21)19-10-16(22)4-2-7-20(11-16)13-9-17-5-6-18-13/h3,5-6,8-9,22H,2,4,7,10-11H2,1H3,(H,19,21). The molecule has 122 valence electrons. The molecule has 0 spiro atoms. The Bertz CT molecular complexity index is 676. The minimum Gasteiger partial charge on any atom is -0.386 e. The number of aromatic nitrogens is 2. The van der Waals surface area contributed by atoms with Crippen molar-refractivity contribution in [3.8, 4) is 0 Å². The monoisotopic (exact) mass is 332 g/mol. The Hall–Kier alpha value is -1.99. The first-order chi connectivity index (χ1) is 11.1. The number of hydrogen-bond donors (Lipinski definition) is 2. The van der Waals surface area contributed by atoms with E-state index in [4.69, 9.17) is 0 Å². The van der Waals surface area contributed by atoms with E-state index in [9.17, 15) is 9.90 Å². The Kier molecular flexibility index (Phi) is 4.58. The zero-order chi connectivity index (χ0) is 16.3. The lowest BCUT2D eigenvalue weighted by atomic mass is 9.92. The number of piperidine rings is 1. The van der Waals surface area contributed by atoms with Crippen molar-refractivity contribution in [1.29, 1.82) is 0 Å². The van der Waals surface area contributed by atoms with Gasteiger partial charge in [-0.3, -0.25) is 9.78 Å². The van der Waals surface area contributed by atoms with Gasteiger partial charge in [0.15, 0.2) is 0 Å². The molecule has 7 heteroatoms. The third-order valence-electron chi connectivity index (χ3n) is 4.08. The van der Waals surface area contributed by atoms with Crippen molar-refractivity contribution >= 4 is 23.1 Å². The van der Waals surface area contributed by atoms with Crippen molar-refractivity contribution < 1.29 is 9.90 Å². The first-order valence-electron chi connectivity index (χ1n) is 7.63. The minimum absolute atomic E-state index is 0.123. The predicted octanol–water partition coefficient (Wildman–Crippen LogP) is 1.61. The molecule has 2 aromatic heterocycles.